The number of amides is 2. The molecular weight excluding hydrogens is 550 g/mol. The summed E-state index contributed by atoms with van der Waals surface area (Å²) < 4.78 is 29.1. The monoisotopic (exact) mass is 564 g/mol. The molecule has 0 fully saturated rings. The van der Waals surface area contributed by atoms with Crippen molar-refractivity contribution in [1.29, 1.82) is 0 Å². The maximum absolute atomic E-state index is 15.1. The van der Waals surface area contributed by atoms with Gasteiger partial charge in [0.05, 0.1) is 21.2 Å². The van der Waals surface area contributed by atoms with E-state index in [4.69, 9.17) is 0 Å². The molecule has 12 heteroatoms. The SMILES string of the molecule is CN(C(=O)O)c1nc2cc(C3(O)c4ccccc4C(=O)N3c3cc(F)cc(Br)c3F)ccc2[nH]1.Cl. The number of carboxylic acid groups (broad SMARTS) is 1. The highest BCUT2D eigenvalue weighted by molar-refractivity contribution is 9.10. The van der Waals surface area contributed by atoms with Crippen molar-refractivity contribution >= 4 is 63.0 Å². The predicted molar refractivity (Wildman–Crippen MR) is 130 cm³/mol. The Hall–Kier alpha value is -3.54. The molecule has 0 aliphatic carbocycles. The molecule has 2 amide bonds. The number of anilines is 2. The first-order chi connectivity index (χ1) is 16.1. The van der Waals surface area contributed by atoms with E-state index >= 15 is 4.39 Å². The summed E-state index contributed by atoms with van der Waals surface area (Å²) in [6, 6.07) is 12.5. The summed E-state index contributed by atoms with van der Waals surface area (Å²) in [6.45, 7) is 0. The number of aromatic nitrogens is 2. The third-order valence-electron chi connectivity index (χ3n) is 5.75. The van der Waals surface area contributed by atoms with Crippen LogP contribution in [-0.4, -0.2) is 39.2 Å². The van der Waals surface area contributed by atoms with Crippen molar-refractivity contribution in [3.8, 4) is 0 Å². The van der Waals surface area contributed by atoms with Crippen molar-refractivity contribution in [2.45, 2.75) is 5.72 Å². The van der Waals surface area contributed by atoms with Gasteiger partial charge in [0.15, 0.2) is 11.5 Å². The molecule has 1 unspecified atom stereocenters. The molecule has 0 bridgehead atoms. The van der Waals surface area contributed by atoms with Gasteiger partial charge in [-0.25, -0.2) is 18.6 Å². The van der Waals surface area contributed by atoms with Gasteiger partial charge in [-0.15, -0.1) is 12.4 Å². The van der Waals surface area contributed by atoms with Crippen LogP contribution >= 0.6 is 28.3 Å². The lowest BCUT2D eigenvalue weighted by atomic mass is 9.93. The summed E-state index contributed by atoms with van der Waals surface area (Å²) in [6.07, 6.45) is -1.23. The number of carbonyl (C=O) groups is 2. The molecule has 0 saturated heterocycles. The van der Waals surface area contributed by atoms with Crippen LogP contribution in [0.2, 0.25) is 0 Å². The molecule has 180 valence electrons. The molecule has 0 radical (unpaired) electrons. The van der Waals surface area contributed by atoms with E-state index in [2.05, 4.69) is 25.9 Å². The van der Waals surface area contributed by atoms with Crippen molar-refractivity contribution < 1.29 is 28.6 Å². The first-order valence-corrected chi connectivity index (χ1v) is 10.7. The molecule has 5 rings (SSSR count). The van der Waals surface area contributed by atoms with Crippen molar-refractivity contribution in [3.63, 3.8) is 0 Å². The number of carbonyl (C=O) groups excluding carboxylic acids is 1. The summed E-state index contributed by atoms with van der Waals surface area (Å²) in [5, 5.41) is 21.2. The van der Waals surface area contributed by atoms with E-state index in [-0.39, 0.29) is 39.5 Å². The van der Waals surface area contributed by atoms with Crippen LogP contribution in [0.1, 0.15) is 21.5 Å². The molecule has 3 N–H and O–H groups in total. The molecule has 2 heterocycles. The number of nitrogens with one attached hydrogen (secondary N) is 1. The minimum atomic E-state index is -2.20. The fourth-order valence-electron chi connectivity index (χ4n) is 4.09. The molecular formula is C23H16BrClF2N4O4. The standard InChI is InChI=1S/C23H15BrF2N4O4.ClH/c1-29(22(32)33)21-27-16-7-6-11(8-17(16)28-21)23(34)14-5-3-2-4-13(14)20(31)30(23)18-10-12(25)9-15(24)19(18)26;/h2-10,34H,1H3,(H,27,28)(H,32,33);1H. The zero-order chi connectivity index (χ0) is 24.4. The number of nitrogens with zero attached hydrogens (tertiary/aromatic N) is 3. The van der Waals surface area contributed by atoms with Gasteiger partial charge >= 0.3 is 6.09 Å². The number of fused-ring (bicyclic) bond motifs is 2. The van der Waals surface area contributed by atoms with E-state index < -0.39 is 35.0 Å². The number of halogens is 4. The van der Waals surface area contributed by atoms with Crippen molar-refractivity contribution in [1.82, 2.24) is 9.97 Å². The van der Waals surface area contributed by atoms with E-state index in [1.54, 1.807) is 18.2 Å². The highest BCUT2D eigenvalue weighted by atomic mass is 79.9. The number of H-pyrrole nitrogens is 1. The summed E-state index contributed by atoms with van der Waals surface area (Å²) in [5.74, 6) is -2.40. The highest BCUT2D eigenvalue weighted by Gasteiger charge is 2.51. The molecule has 4 aromatic rings. The van der Waals surface area contributed by atoms with Crippen LogP contribution in [0.4, 0.5) is 25.2 Å². The topological polar surface area (TPSA) is 110 Å². The summed E-state index contributed by atoms with van der Waals surface area (Å²) >= 11 is 2.95. The van der Waals surface area contributed by atoms with Crippen LogP contribution in [0.5, 0.6) is 0 Å². The van der Waals surface area contributed by atoms with Gasteiger partial charge in [-0.2, -0.15) is 0 Å². The molecule has 0 spiro atoms. The Balaban J connectivity index is 0.00000289. The number of aliphatic hydroxyl groups is 1. The molecule has 3 aromatic carbocycles. The van der Waals surface area contributed by atoms with Gasteiger partial charge in [-0.05, 0) is 40.2 Å². The van der Waals surface area contributed by atoms with Gasteiger partial charge in [0.25, 0.3) is 5.91 Å². The van der Waals surface area contributed by atoms with Gasteiger partial charge in [0.2, 0.25) is 5.95 Å². The van der Waals surface area contributed by atoms with Crippen molar-refractivity contribution in [2.75, 3.05) is 16.8 Å². The van der Waals surface area contributed by atoms with E-state index in [1.165, 1.54) is 31.3 Å². The van der Waals surface area contributed by atoms with Crippen LogP contribution in [-0.2, 0) is 5.72 Å². The van der Waals surface area contributed by atoms with E-state index in [0.29, 0.717) is 11.0 Å². The Morgan fingerprint density at radius 1 is 1.17 bits per heavy atom. The molecule has 1 aliphatic heterocycles. The number of hydrogen-bond acceptors (Lipinski definition) is 4. The van der Waals surface area contributed by atoms with Crippen LogP contribution in [0.25, 0.3) is 11.0 Å². The van der Waals surface area contributed by atoms with Crippen molar-refractivity contribution in [3.05, 3.63) is 87.4 Å². The summed E-state index contributed by atoms with van der Waals surface area (Å²) in [7, 11) is 1.31. The Morgan fingerprint density at radius 2 is 1.89 bits per heavy atom. The largest absolute Gasteiger partial charge is 0.465 e. The third kappa shape index (κ3) is 3.63. The first kappa shape index (κ1) is 24.6. The molecule has 1 atom stereocenters. The Kier molecular flexibility index (Phi) is 6.04. The molecule has 8 nitrogen and oxygen atoms in total. The van der Waals surface area contributed by atoms with E-state index in [0.717, 1.165) is 21.9 Å². The molecule has 0 saturated carbocycles. The van der Waals surface area contributed by atoms with Crippen LogP contribution < -0.4 is 9.80 Å². The number of aromatic amines is 1. The average Bonchev–Trinajstić information content (AvgIpc) is 3.33. The molecule has 1 aliphatic rings. The zero-order valence-corrected chi connectivity index (χ0v) is 20.2. The van der Waals surface area contributed by atoms with Gasteiger partial charge in [0, 0.05) is 29.8 Å². The Bertz CT molecular complexity index is 1510. The van der Waals surface area contributed by atoms with Gasteiger partial charge < -0.3 is 15.2 Å². The van der Waals surface area contributed by atoms with E-state index in [9.17, 15) is 24.2 Å². The lowest BCUT2D eigenvalue weighted by molar-refractivity contribution is 0.0698. The molecule has 1 aromatic heterocycles. The number of benzene rings is 3. The van der Waals surface area contributed by atoms with Gasteiger partial charge in [0.1, 0.15) is 5.82 Å². The second kappa shape index (κ2) is 8.59. The first-order valence-electron chi connectivity index (χ1n) is 9.90. The summed E-state index contributed by atoms with van der Waals surface area (Å²) in [4.78, 5) is 33.4. The fourth-order valence-corrected chi connectivity index (χ4v) is 4.52. The van der Waals surface area contributed by atoms with Gasteiger partial charge in [-0.3, -0.25) is 14.6 Å². The lowest BCUT2D eigenvalue weighted by Crippen LogP contribution is -2.45. The minimum absolute atomic E-state index is 0. The van der Waals surface area contributed by atoms with Crippen LogP contribution in [0, 0.1) is 11.6 Å². The lowest BCUT2D eigenvalue weighted by Gasteiger charge is -2.35. The quantitative estimate of drug-likeness (QED) is 0.303. The maximum atomic E-state index is 15.1. The normalized spacial score (nSPS) is 16.8. The zero-order valence-electron chi connectivity index (χ0n) is 17.8. The third-order valence-corrected chi connectivity index (χ3v) is 6.33. The fraction of sp³-hybridized carbons (Fsp3) is 0.0870. The summed E-state index contributed by atoms with van der Waals surface area (Å²) in [5.41, 5.74) is -1.44. The Morgan fingerprint density at radius 3 is 2.60 bits per heavy atom. The highest BCUT2D eigenvalue weighted by Crippen LogP contribution is 2.47. The second-order valence-corrected chi connectivity index (χ2v) is 8.57. The average molecular weight is 566 g/mol. The second-order valence-electron chi connectivity index (χ2n) is 7.71. The smallest absolute Gasteiger partial charge is 0.413 e. The molecule has 35 heavy (non-hydrogen) atoms. The number of imidazole rings is 1. The van der Waals surface area contributed by atoms with Crippen LogP contribution in [0.3, 0.4) is 0 Å². The predicted octanol–water partition coefficient (Wildman–Crippen LogP) is 4.99. The Labute approximate surface area is 211 Å². The number of hydrogen-bond donors (Lipinski definition) is 3. The van der Waals surface area contributed by atoms with Gasteiger partial charge in [-0.1, -0.05) is 24.3 Å². The van der Waals surface area contributed by atoms with E-state index in [1.807, 2.05) is 0 Å². The minimum Gasteiger partial charge on any atom is -0.465 e. The maximum Gasteiger partial charge on any atom is 0.413 e. The number of rotatable bonds is 3. The van der Waals surface area contributed by atoms with Crippen LogP contribution in [0.15, 0.2) is 59.1 Å². The van der Waals surface area contributed by atoms with Crippen molar-refractivity contribution in [2.24, 2.45) is 0 Å².